The second-order valence-electron chi connectivity index (χ2n) is 5.77. The molecule has 0 radical (unpaired) electrons. The zero-order valence-electron chi connectivity index (χ0n) is 14.5. The molecule has 0 bridgehead atoms. The van der Waals surface area contributed by atoms with Gasteiger partial charge in [-0.2, -0.15) is 0 Å². The number of hydrogen-bond acceptors (Lipinski definition) is 5. The summed E-state index contributed by atoms with van der Waals surface area (Å²) in [6.45, 7) is 1.43. The van der Waals surface area contributed by atoms with Crippen LogP contribution in [0.15, 0.2) is 65.8 Å². The van der Waals surface area contributed by atoms with Gasteiger partial charge in [-0.1, -0.05) is 23.2 Å². The summed E-state index contributed by atoms with van der Waals surface area (Å²) in [5.41, 5.74) is 0.814. The Morgan fingerprint density at radius 3 is 2.36 bits per heavy atom. The van der Waals surface area contributed by atoms with E-state index in [0.717, 1.165) is 0 Å². The zero-order chi connectivity index (χ0) is 20.3. The molecule has 0 amide bonds. The van der Waals surface area contributed by atoms with Gasteiger partial charge < -0.3 is 4.74 Å². The number of carbonyl (C=O) groups is 1. The molecule has 0 aliphatic carbocycles. The summed E-state index contributed by atoms with van der Waals surface area (Å²) < 4.78 is 33.2. The predicted octanol–water partition coefficient (Wildman–Crippen LogP) is 5.18. The highest BCUT2D eigenvalue weighted by Gasteiger charge is 2.17. The van der Waals surface area contributed by atoms with Crippen LogP contribution in [0.25, 0.3) is 0 Å². The number of pyridine rings is 1. The molecular formula is C19H14Cl2N2O4S. The molecule has 0 aliphatic heterocycles. The maximum atomic E-state index is 12.6. The van der Waals surface area contributed by atoms with E-state index in [4.69, 9.17) is 27.9 Å². The number of ketones is 1. The van der Waals surface area contributed by atoms with Crippen LogP contribution >= 0.6 is 23.2 Å². The molecule has 2 aromatic carbocycles. The van der Waals surface area contributed by atoms with E-state index < -0.39 is 10.0 Å². The molecule has 1 heterocycles. The van der Waals surface area contributed by atoms with Crippen molar-refractivity contribution in [3.05, 3.63) is 76.5 Å². The van der Waals surface area contributed by atoms with Gasteiger partial charge in [0.1, 0.15) is 11.5 Å². The van der Waals surface area contributed by atoms with Crippen LogP contribution in [-0.2, 0) is 10.0 Å². The van der Waals surface area contributed by atoms with Crippen molar-refractivity contribution in [2.75, 3.05) is 4.72 Å². The van der Waals surface area contributed by atoms with Crippen molar-refractivity contribution in [2.24, 2.45) is 0 Å². The monoisotopic (exact) mass is 436 g/mol. The van der Waals surface area contributed by atoms with E-state index in [1.54, 1.807) is 18.2 Å². The Hall–Kier alpha value is -2.61. The standard InChI is InChI=1S/C19H14Cl2N2O4S/c1-12(24)13-2-4-15(5-3-13)23-28(25,26)17-6-7-19(18(21)9-17)27-16-8-14(20)10-22-11-16/h2-11,23H,1H3. The minimum atomic E-state index is -3.87. The van der Waals surface area contributed by atoms with E-state index in [9.17, 15) is 13.2 Å². The second-order valence-corrected chi connectivity index (χ2v) is 8.30. The number of ether oxygens (including phenoxy) is 1. The summed E-state index contributed by atoms with van der Waals surface area (Å²) in [5.74, 6) is 0.524. The summed E-state index contributed by atoms with van der Waals surface area (Å²) in [4.78, 5) is 15.2. The van der Waals surface area contributed by atoms with Crippen LogP contribution in [0.1, 0.15) is 17.3 Å². The maximum Gasteiger partial charge on any atom is 0.261 e. The summed E-state index contributed by atoms with van der Waals surface area (Å²) in [6, 6.07) is 11.8. The van der Waals surface area contributed by atoms with Crippen LogP contribution in [0.5, 0.6) is 11.5 Å². The second kappa shape index (κ2) is 8.18. The number of anilines is 1. The normalized spacial score (nSPS) is 11.1. The smallest absolute Gasteiger partial charge is 0.261 e. The van der Waals surface area contributed by atoms with Crippen molar-refractivity contribution in [2.45, 2.75) is 11.8 Å². The first-order valence-electron chi connectivity index (χ1n) is 7.96. The van der Waals surface area contributed by atoms with Gasteiger partial charge in [0, 0.05) is 23.5 Å². The van der Waals surface area contributed by atoms with Crippen LogP contribution in [-0.4, -0.2) is 19.2 Å². The maximum absolute atomic E-state index is 12.6. The van der Waals surface area contributed by atoms with Gasteiger partial charge in [0.25, 0.3) is 10.0 Å². The number of nitrogens with one attached hydrogen (secondary N) is 1. The highest BCUT2D eigenvalue weighted by molar-refractivity contribution is 7.92. The highest BCUT2D eigenvalue weighted by atomic mass is 35.5. The number of benzene rings is 2. The molecule has 0 aliphatic rings. The Kier molecular flexibility index (Phi) is 5.88. The number of nitrogens with zero attached hydrogens (tertiary/aromatic N) is 1. The van der Waals surface area contributed by atoms with Crippen molar-refractivity contribution in [3.63, 3.8) is 0 Å². The lowest BCUT2D eigenvalue weighted by atomic mass is 10.1. The molecule has 3 rings (SSSR count). The Balaban J connectivity index is 1.80. The Morgan fingerprint density at radius 2 is 1.75 bits per heavy atom. The van der Waals surface area contributed by atoms with E-state index in [1.165, 1.54) is 49.6 Å². The summed E-state index contributed by atoms with van der Waals surface area (Å²) in [7, 11) is -3.87. The average Bonchev–Trinajstić information content (AvgIpc) is 2.63. The van der Waals surface area contributed by atoms with Gasteiger partial charge in [-0.25, -0.2) is 8.42 Å². The van der Waals surface area contributed by atoms with E-state index in [0.29, 0.717) is 22.0 Å². The topological polar surface area (TPSA) is 85.4 Å². The quantitative estimate of drug-likeness (QED) is 0.537. The van der Waals surface area contributed by atoms with Crippen LogP contribution in [0.4, 0.5) is 5.69 Å². The van der Waals surface area contributed by atoms with Crippen molar-refractivity contribution >= 4 is 44.7 Å². The van der Waals surface area contributed by atoms with E-state index in [1.807, 2.05) is 0 Å². The molecule has 0 atom stereocenters. The van der Waals surface area contributed by atoms with Crippen LogP contribution in [0.3, 0.4) is 0 Å². The first-order chi connectivity index (χ1) is 13.2. The van der Waals surface area contributed by atoms with Gasteiger partial charge >= 0.3 is 0 Å². The van der Waals surface area contributed by atoms with Crippen molar-refractivity contribution in [1.82, 2.24) is 4.98 Å². The number of Topliss-reactive ketones (excluding diaryl/α,β-unsaturated/α-hetero) is 1. The molecule has 0 saturated heterocycles. The lowest BCUT2D eigenvalue weighted by molar-refractivity contribution is 0.101. The third-order valence-corrected chi connectivity index (χ3v) is 5.55. The van der Waals surface area contributed by atoms with Gasteiger partial charge in [-0.15, -0.1) is 0 Å². The summed E-state index contributed by atoms with van der Waals surface area (Å²) in [5, 5.41) is 0.502. The third kappa shape index (κ3) is 4.81. The molecule has 0 unspecified atom stereocenters. The third-order valence-electron chi connectivity index (χ3n) is 3.66. The van der Waals surface area contributed by atoms with Crippen molar-refractivity contribution in [3.8, 4) is 11.5 Å². The Labute approximate surface area is 172 Å². The SMILES string of the molecule is CC(=O)c1ccc(NS(=O)(=O)c2ccc(Oc3cncc(Cl)c3)c(Cl)c2)cc1. The highest BCUT2D eigenvalue weighted by Crippen LogP contribution is 2.32. The van der Waals surface area contributed by atoms with Crippen LogP contribution in [0, 0.1) is 0 Å². The minimum absolute atomic E-state index is 0.0373. The van der Waals surface area contributed by atoms with E-state index >= 15 is 0 Å². The van der Waals surface area contributed by atoms with Crippen molar-refractivity contribution < 1.29 is 17.9 Å². The van der Waals surface area contributed by atoms with Crippen molar-refractivity contribution in [1.29, 1.82) is 0 Å². The molecule has 28 heavy (non-hydrogen) atoms. The van der Waals surface area contributed by atoms with E-state index in [-0.39, 0.29) is 21.5 Å². The van der Waals surface area contributed by atoms with Gasteiger partial charge in [-0.3, -0.25) is 14.5 Å². The molecule has 1 N–H and O–H groups in total. The van der Waals surface area contributed by atoms with E-state index in [2.05, 4.69) is 9.71 Å². The molecule has 1 aromatic heterocycles. The number of carbonyl (C=O) groups excluding carboxylic acids is 1. The van der Waals surface area contributed by atoms with Gasteiger partial charge in [0.15, 0.2) is 5.78 Å². The summed E-state index contributed by atoms with van der Waals surface area (Å²) >= 11 is 12.0. The molecule has 0 fully saturated rings. The average molecular weight is 437 g/mol. The zero-order valence-corrected chi connectivity index (χ0v) is 16.8. The number of aromatic nitrogens is 1. The van der Waals surface area contributed by atoms with Gasteiger partial charge in [0.05, 0.1) is 21.1 Å². The fraction of sp³-hybridized carbons (Fsp3) is 0.0526. The molecule has 6 nitrogen and oxygen atoms in total. The van der Waals surface area contributed by atoms with Crippen LogP contribution < -0.4 is 9.46 Å². The van der Waals surface area contributed by atoms with Gasteiger partial charge in [0.2, 0.25) is 0 Å². The first-order valence-corrected chi connectivity index (χ1v) is 10.2. The fourth-order valence-electron chi connectivity index (χ4n) is 2.29. The predicted molar refractivity (Wildman–Crippen MR) is 108 cm³/mol. The number of sulfonamides is 1. The molecular weight excluding hydrogens is 423 g/mol. The van der Waals surface area contributed by atoms with Crippen LogP contribution in [0.2, 0.25) is 10.0 Å². The lowest BCUT2D eigenvalue weighted by Crippen LogP contribution is -2.13. The number of hydrogen-bond donors (Lipinski definition) is 1. The molecule has 9 heteroatoms. The van der Waals surface area contributed by atoms with Gasteiger partial charge in [-0.05, 0) is 49.4 Å². The largest absolute Gasteiger partial charge is 0.454 e. The fourth-order valence-corrected chi connectivity index (χ4v) is 3.83. The molecule has 144 valence electrons. The Morgan fingerprint density at radius 1 is 1.04 bits per heavy atom. The lowest BCUT2D eigenvalue weighted by Gasteiger charge is -2.11. The Bertz CT molecular complexity index is 1130. The first kappa shape index (κ1) is 20.1. The number of halogens is 2. The molecule has 0 spiro atoms. The number of rotatable bonds is 6. The summed E-state index contributed by atoms with van der Waals surface area (Å²) in [6.07, 6.45) is 2.92. The molecule has 0 saturated carbocycles. The molecule has 3 aromatic rings. The minimum Gasteiger partial charge on any atom is -0.454 e.